The molecule has 0 saturated heterocycles. The van der Waals surface area contributed by atoms with E-state index < -0.39 is 5.41 Å². The van der Waals surface area contributed by atoms with Crippen LogP contribution in [0.2, 0.25) is 0 Å². The smallest absolute Gasteiger partial charge is 0.227 e. The van der Waals surface area contributed by atoms with Crippen molar-refractivity contribution in [2.75, 3.05) is 9.80 Å². The SMILES string of the molecule is c1ccc(-c2nc3c(N4c5ccccc5C(c5ccccc5)(c5ccccc5)c5ccccc54)c4oc(-c5ccccc5)nc4c(N4c5ccccc5Oc5ccccc54)c3o2)cc1. The first-order valence-corrected chi connectivity index (χ1v) is 21.4. The lowest BCUT2D eigenvalue weighted by atomic mass is 9.62. The van der Waals surface area contributed by atoms with Crippen LogP contribution in [0, 0.1) is 0 Å². The van der Waals surface area contributed by atoms with Gasteiger partial charge in [0.2, 0.25) is 11.8 Å². The van der Waals surface area contributed by atoms with Gasteiger partial charge in [-0.2, -0.15) is 0 Å². The molecule has 0 N–H and O–H groups in total. The molecule has 0 bridgehead atoms. The Kier molecular flexibility index (Phi) is 7.99. The van der Waals surface area contributed by atoms with E-state index in [-0.39, 0.29) is 0 Å². The van der Waals surface area contributed by atoms with Crippen LogP contribution in [-0.2, 0) is 5.41 Å². The molecule has 0 unspecified atom stereocenters. The molecule has 2 aliphatic heterocycles. The summed E-state index contributed by atoms with van der Waals surface area (Å²) in [7, 11) is 0. The molecule has 13 rings (SSSR count). The third-order valence-corrected chi connectivity index (χ3v) is 12.6. The van der Waals surface area contributed by atoms with Crippen LogP contribution in [0.5, 0.6) is 11.5 Å². The second-order valence-electron chi connectivity index (χ2n) is 16.0. The van der Waals surface area contributed by atoms with Crippen molar-refractivity contribution < 1.29 is 13.6 Å². The summed E-state index contributed by atoms with van der Waals surface area (Å²) < 4.78 is 21.0. The largest absolute Gasteiger partial charge is 0.453 e. The van der Waals surface area contributed by atoms with Gasteiger partial charge in [-0.3, -0.25) is 4.90 Å². The maximum atomic E-state index is 7.23. The van der Waals surface area contributed by atoms with Gasteiger partial charge in [-0.05, 0) is 82.9 Å². The van der Waals surface area contributed by atoms with Crippen LogP contribution in [0.15, 0.2) is 227 Å². The number of aromatic nitrogens is 2. The molecule has 9 aromatic carbocycles. The predicted octanol–water partition coefficient (Wildman–Crippen LogP) is 15.0. The molecule has 0 spiro atoms. The first kappa shape index (κ1) is 36.0. The van der Waals surface area contributed by atoms with Crippen LogP contribution in [0.4, 0.5) is 34.1 Å². The maximum Gasteiger partial charge on any atom is 0.227 e. The zero-order chi connectivity index (χ0) is 42.2. The van der Waals surface area contributed by atoms with Gasteiger partial charge in [0.25, 0.3) is 0 Å². The fourth-order valence-electron chi connectivity index (χ4n) is 9.92. The molecule has 0 aliphatic carbocycles. The van der Waals surface area contributed by atoms with Crippen molar-refractivity contribution in [3.63, 3.8) is 0 Å². The minimum absolute atomic E-state index is 0.477. The minimum Gasteiger partial charge on any atom is -0.453 e. The monoisotopic (exact) mass is 824 g/mol. The van der Waals surface area contributed by atoms with Crippen LogP contribution in [0.3, 0.4) is 0 Å². The van der Waals surface area contributed by atoms with Gasteiger partial charge in [-0.25, -0.2) is 9.97 Å². The van der Waals surface area contributed by atoms with E-state index in [1.807, 2.05) is 97.1 Å². The van der Waals surface area contributed by atoms with Crippen LogP contribution in [0.25, 0.3) is 45.1 Å². The van der Waals surface area contributed by atoms with E-state index in [0.717, 1.165) is 61.8 Å². The molecule has 11 aromatic rings. The Labute approximate surface area is 368 Å². The van der Waals surface area contributed by atoms with Crippen LogP contribution >= 0.6 is 0 Å². The van der Waals surface area contributed by atoms with Gasteiger partial charge in [-0.1, -0.05) is 158 Å². The Bertz CT molecular complexity index is 3320. The topological polar surface area (TPSA) is 67.8 Å². The summed E-state index contributed by atoms with van der Waals surface area (Å²) in [6, 6.07) is 75.3. The fraction of sp³-hybridized carbons (Fsp3) is 0.0175. The molecule has 7 heteroatoms. The van der Waals surface area contributed by atoms with Crippen LogP contribution in [-0.4, -0.2) is 9.97 Å². The molecule has 0 amide bonds. The quantitative estimate of drug-likeness (QED) is 0.165. The Hall–Kier alpha value is -8.68. The summed E-state index contributed by atoms with van der Waals surface area (Å²) in [6.07, 6.45) is 0. The van der Waals surface area contributed by atoms with Crippen molar-refractivity contribution in [1.82, 2.24) is 9.97 Å². The van der Waals surface area contributed by atoms with E-state index in [1.165, 1.54) is 0 Å². The van der Waals surface area contributed by atoms with Gasteiger partial charge in [-0.15, -0.1) is 0 Å². The van der Waals surface area contributed by atoms with Crippen molar-refractivity contribution >= 4 is 56.3 Å². The van der Waals surface area contributed by atoms with Crippen LogP contribution in [0.1, 0.15) is 22.3 Å². The number of fused-ring (bicyclic) bond motifs is 6. The molecule has 302 valence electrons. The molecule has 7 nitrogen and oxygen atoms in total. The molecule has 0 saturated carbocycles. The third-order valence-electron chi connectivity index (χ3n) is 12.6. The number of nitrogens with zero attached hydrogens (tertiary/aromatic N) is 4. The highest BCUT2D eigenvalue weighted by atomic mass is 16.5. The lowest BCUT2D eigenvalue weighted by Crippen LogP contribution is -2.37. The van der Waals surface area contributed by atoms with E-state index in [2.05, 4.69) is 131 Å². The van der Waals surface area contributed by atoms with E-state index in [4.69, 9.17) is 23.5 Å². The normalized spacial score (nSPS) is 13.5. The average molecular weight is 825 g/mol. The Morgan fingerprint density at radius 1 is 0.344 bits per heavy atom. The summed E-state index contributed by atoms with van der Waals surface area (Å²) in [5.74, 6) is 2.37. The zero-order valence-electron chi connectivity index (χ0n) is 34.3. The third kappa shape index (κ3) is 5.21. The second-order valence-corrected chi connectivity index (χ2v) is 16.0. The molecule has 0 fully saturated rings. The highest BCUT2D eigenvalue weighted by molar-refractivity contribution is 6.19. The van der Waals surface area contributed by atoms with Crippen molar-refractivity contribution in [1.29, 1.82) is 0 Å². The average Bonchev–Trinajstić information content (AvgIpc) is 4.02. The molecule has 0 atom stereocenters. The Morgan fingerprint density at radius 3 is 1.12 bits per heavy atom. The number of anilines is 6. The molecule has 4 heterocycles. The number of hydrogen-bond donors (Lipinski definition) is 0. The van der Waals surface area contributed by atoms with E-state index >= 15 is 0 Å². The van der Waals surface area contributed by atoms with Gasteiger partial charge in [0.15, 0.2) is 22.7 Å². The highest BCUT2D eigenvalue weighted by Crippen LogP contribution is 2.61. The number of rotatable bonds is 6. The molecule has 0 radical (unpaired) electrons. The van der Waals surface area contributed by atoms with E-state index in [0.29, 0.717) is 51.2 Å². The molecule has 64 heavy (non-hydrogen) atoms. The van der Waals surface area contributed by atoms with Crippen LogP contribution < -0.4 is 14.5 Å². The Morgan fingerprint density at radius 2 is 0.688 bits per heavy atom. The van der Waals surface area contributed by atoms with Crippen molar-refractivity contribution in [2.45, 2.75) is 5.41 Å². The number of para-hydroxylation sites is 6. The van der Waals surface area contributed by atoms with Gasteiger partial charge >= 0.3 is 0 Å². The fourth-order valence-corrected chi connectivity index (χ4v) is 9.92. The summed E-state index contributed by atoms with van der Waals surface area (Å²) >= 11 is 0. The summed E-state index contributed by atoms with van der Waals surface area (Å²) in [6.45, 7) is 0. The number of ether oxygens (including phenoxy) is 1. The lowest BCUT2D eigenvalue weighted by Gasteiger charge is -2.46. The van der Waals surface area contributed by atoms with E-state index in [9.17, 15) is 0 Å². The molecule has 2 aromatic heterocycles. The van der Waals surface area contributed by atoms with Crippen molar-refractivity contribution in [2.24, 2.45) is 0 Å². The van der Waals surface area contributed by atoms with Gasteiger partial charge in [0, 0.05) is 11.1 Å². The maximum absolute atomic E-state index is 7.23. The predicted molar refractivity (Wildman–Crippen MR) is 254 cm³/mol. The van der Waals surface area contributed by atoms with Gasteiger partial charge in [0.1, 0.15) is 22.4 Å². The zero-order valence-corrected chi connectivity index (χ0v) is 34.3. The van der Waals surface area contributed by atoms with Crippen molar-refractivity contribution in [3.05, 3.63) is 241 Å². The van der Waals surface area contributed by atoms with E-state index in [1.54, 1.807) is 0 Å². The second kappa shape index (κ2) is 14.2. The molecule has 2 aliphatic rings. The summed E-state index contributed by atoms with van der Waals surface area (Å²) in [5, 5.41) is 0. The summed E-state index contributed by atoms with van der Waals surface area (Å²) in [4.78, 5) is 15.5. The highest BCUT2D eigenvalue weighted by Gasteiger charge is 2.48. The molecular formula is C57H36N4O3. The lowest BCUT2D eigenvalue weighted by molar-refractivity contribution is 0.477. The van der Waals surface area contributed by atoms with Gasteiger partial charge in [0.05, 0.1) is 28.2 Å². The molecular weight excluding hydrogens is 789 g/mol. The summed E-state index contributed by atoms with van der Waals surface area (Å²) in [5.41, 5.74) is 13.0. The van der Waals surface area contributed by atoms with Gasteiger partial charge < -0.3 is 18.5 Å². The number of hydrogen-bond acceptors (Lipinski definition) is 7. The van der Waals surface area contributed by atoms with Crippen molar-refractivity contribution in [3.8, 4) is 34.4 Å². The number of oxazole rings is 2. The first-order chi connectivity index (χ1) is 31.8. The minimum atomic E-state index is -0.679. The Balaban J connectivity index is 1.20. The standard InChI is InChI=1S/C57H36N4O3/c1-5-21-37(22-6-1)55-58-49-51(60-43-31-15-13-29-41(43)57(39-25-9-3-10-26-39,40-27-11-4-12-28-40)42-30-14-16-32-44(42)60)53-50(59-56(63-53)38-23-7-2-8-24-38)52(54(49)64-55)61-45-33-17-19-35-47(45)62-48-36-20-18-34-46(48)61/h1-36H. The first-order valence-electron chi connectivity index (χ1n) is 21.4. The number of benzene rings is 9.